The molecule has 0 bridgehead atoms. The number of H-pyrrole nitrogens is 1. The van der Waals surface area contributed by atoms with Crippen molar-refractivity contribution in [2.75, 3.05) is 18.5 Å². The van der Waals surface area contributed by atoms with E-state index in [1.165, 1.54) is 69.8 Å². The van der Waals surface area contributed by atoms with E-state index in [0.717, 1.165) is 25.2 Å². The molecule has 0 spiro atoms. The van der Waals surface area contributed by atoms with Crippen LogP contribution in [0, 0.1) is 10.8 Å². The number of nitrogens with one attached hydrogen (secondary N) is 3. The van der Waals surface area contributed by atoms with Crippen LogP contribution in [0.25, 0.3) is 34.0 Å². The topological polar surface area (TPSA) is 144 Å². The van der Waals surface area contributed by atoms with Gasteiger partial charge in [0, 0.05) is 30.1 Å². The van der Waals surface area contributed by atoms with Crippen LogP contribution in [0.2, 0.25) is 0 Å². The minimum atomic E-state index is -4.73. The smallest absolute Gasteiger partial charge is 0.436 e. The second-order valence-electron chi connectivity index (χ2n) is 11.5. The number of anilines is 1. The molecule has 0 aliphatic heterocycles. The predicted molar refractivity (Wildman–Crippen MR) is 171 cm³/mol. The zero-order valence-corrected chi connectivity index (χ0v) is 26.9. The number of unbranched alkanes of at least 4 members (excludes halogenated alkanes) is 7. The molecule has 1 aliphatic carbocycles. The Bertz CT molecular complexity index is 1680. The Morgan fingerprint density at radius 1 is 1.00 bits per heavy atom. The van der Waals surface area contributed by atoms with Crippen molar-refractivity contribution in [1.29, 1.82) is 0 Å². The number of urea groups is 1. The van der Waals surface area contributed by atoms with Crippen LogP contribution >= 0.6 is 12.2 Å². The lowest BCUT2D eigenvalue weighted by Gasteiger charge is -2.15. The number of aromatic nitrogens is 5. The Labute approximate surface area is 275 Å². The van der Waals surface area contributed by atoms with Gasteiger partial charge in [0.15, 0.2) is 5.69 Å². The van der Waals surface area contributed by atoms with E-state index in [-0.39, 0.29) is 33.9 Å². The molecule has 252 valence electrons. The van der Waals surface area contributed by atoms with Gasteiger partial charge in [-0.15, -0.1) is 5.10 Å². The number of carbonyl (C=O) groups is 1. The molecule has 4 aromatic rings. The number of amides is 2. The van der Waals surface area contributed by atoms with E-state index in [4.69, 9.17) is 25.8 Å². The summed E-state index contributed by atoms with van der Waals surface area (Å²) in [7, 11) is 0. The molecule has 5 rings (SSSR count). The lowest BCUT2D eigenvalue weighted by Crippen LogP contribution is -2.28. The van der Waals surface area contributed by atoms with E-state index in [2.05, 4.69) is 35.8 Å². The van der Waals surface area contributed by atoms with Gasteiger partial charge in [-0.3, -0.25) is 5.32 Å². The standard InChI is InChI=1S/C32H38F3N7O4S/c1-2-36-30(43)40-26-16-23(29-39-25(19-45-29)32(33,34)35)24(18-37-26)22-15-21(27-41-42-31(47)46-27)17-38-28(22)44-14-10-8-6-4-3-5-7-9-11-20-12-13-20/h15-20H,2-14H2,1H3,(H,42,47)(H2,36,37,40,43). The maximum atomic E-state index is 13.5. The first-order valence-electron chi connectivity index (χ1n) is 16.0. The zero-order valence-electron chi connectivity index (χ0n) is 26.1. The Morgan fingerprint density at radius 2 is 1.74 bits per heavy atom. The summed E-state index contributed by atoms with van der Waals surface area (Å²) in [5.41, 5.74) is 0.00377. The molecular weight excluding hydrogens is 635 g/mol. The van der Waals surface area contributed by atoms with Gasteiger partial charge < -0.3 is 18.9 Å². The zero-order chi connectivity index (χ0) is 33.2. The fourth-order valence-corrected chi connectivity index (χ4v) is 5.29. The Kier molecular flexibility index (Phi) is 11.6. The summed E-state index contributed by atoms with van der Waals surface area (Å²) in [6.07, 6.45) is 12.2. The van der Waals surface area contributed by atoms with E-state index in [1.807, 2.05) is 0 Å². The number of ether oxygens (including phenoxy) is 1. The molecule has 0 aromatic carbocycles. The fraction of sp³-hybridized carbons (Fsp3) is 0.500. The number of halogens is 3. The highest BCUT2D eigenvalue weighted by molar-refractivity contribution is 7.71. The van der Waals surface area contributed by atoms with Gasteiger partial charge in [0.25, 0.3) is 4.84 Å². The molecule has 47 heavy (non-hydrogen) atoms. The third-order valence-electron chi connectivity index (χ3n) is 7.78. The summed E-state index contributed by atoms with van der Waals surface area (Å²) in [6, 6.07) is 2.49. The van der Waals surface area contributed by atoms with Crippen LogP contribution in [0.1, 0.15) is 83.2 Å². The first-order valence-corrected chi connectivity index (χ1v) is 16.4. The van der Waals surface area contributed by atoms with Crippen LogP contribution in [0.3, 0.4) is 0 Å². The molecule has 3 N–H and O–H groups in total. The second kappa shape index (κ2) is 16.0. The van der Waals surface area contributed by atoms with Gasteiger partial charge in [-0.2, -0.15) is 13.2 Å². The van der Waals surface area contributed by atoms with Crippen molar-refractivity contribution in [2.45, 2.75) is 83.7 Å². The molecule has 1 saturated carbocycles. The lowest BCUT2D eigenvalue weighted by atomic mass is 10.0. The lowest BCUT2D eigenvalue weighted by molar-refractivity contribution is -0.141. The number of oxazole rings is 1. The molecule has 1 aliphatic rings. The van der Waals surface area contributed by atoms with E-state index >= 15 is 0 Å². The summed E-state index contributed by atoms with van der Waals surface area (Å²) >= 11 is 5.02. The third kappa shape index (κ3) is 9.86. The number of alkyl halides is 3. The minimum Gasteiger partial charge on any atom is -0.477 e. The average molecular weight is 674 g/mol. The summed E-state index contributed by atoms with van der Waals surface area (Å²) in [4.78, 5) is 24.8. The Balaban J connectivity index is 1.36. The molecule has 0 radical (unpaired) electrons. The van der Waals surface area contributed by atoms with Crippen LogP contribution in [0.15, 0.2) is 39.6 Å². The molecule has 4 aromatic heterocycles. The molecule has 0 atom stereocenters. The minimum absolute atomic E-state index is 0.0581. The normalized spacial score (nSPS) is 13.1. The first kappa shape index (κ1) is 34.1. The molecule has 0 saturated heterocycles. The number of rotatable bonds is 17. The van der Waals surface area contributed by atoms with Crippen LogP contribution in [-0.2, 0) is 6.18 Å². The summed E-state index contributed by atoms with van der Waals surface area (Å²) in [5, 5.41) is 11.8. The average Bonchev–Trinajstić information content (AvgIpc) is 3.52. The molecule has 2 amide bonds. The highest BCUT2D eigenvalue weighted by atomic mass is 32.1. The number of aromatic amines is 1. The van der Waals surface area contributed by atoms with E-state index in [9.17, 15) is 18.0 Å². The predicted octanol–water partition coefficient (Wildman–Crippen LogP) is 8.97. The number of nitrogens with zero attached hydrogens (tertiary/aromatic N) is 4. The summed E-state index contributed by atoms with van der Waals surface area (Å²) < 4.78 is 57.3. The molecule has 0 unspecified atom stereocenters. The van der Waals surface area contributed by atoms with Crippen LogP contribution in [0.5, 0.6) is 5.88 Å². The molecule has 4 heterocycles. The highest BCUT2D eigenvalue weighted by Gasteiger charge is 2.35. The first-order chi connectivity index (χ1) is 22.7. The van der Waals surface area contributed by atoms with Crippen molar-refractivity contribution in [2.24, 2.45) is 5.92 Å². The van der Waals surface area contributed by atoms with Gasteiger partial charge in [-0.05, 0) is 43.6 Å². The van der Waals surface area contributed by atoms with Crippen molar-refractivity contribution in [3.63, 3.8) is 0 Å². The van der Waals surface area contributed by atoms with E-state index < -0.39 is 17.9 Å². The van der Waals surface area contributed by atoms with E-state index in [1.54, 1.807) is 13.0 Å². The van der Waals surface area contributed by atoms with Crippen molar-refractivity contribution < 1.29 is 31.5 Å². The largest absolute Gasteiger partial charge is 0.477 e. The number of pyridine rings is 2. The van der Waals surface area contributed by atoms with Crippen LogP contribution < -0.4 is 15.4 Å². The van der Waals surface area contributed by atoms with Crippen molar-refractivity contribution in [1.82, 2.24) is 30.5 Å². The summed E-state index contributed by atoms with van der Waals surface area (Å²) in [6.45, 7) is 2.47. The molecule has 15 heteroatoms. The molecule has 11 nitrogen and oxygen atoms in total. The molecular formula is C32H38F3N7O4S. The number of carbonyl (C=O) groups excluding carboxylic acids is 1. The van der Waals surface area contributed by atoms with Crippen LogP contribution in [0.4, 0.5) is 23.8 Å². The Morgan fingerprint density at radius 3 is 2.40 bits per heavy atom. The third-order valence-corrected chi connectivity index (χ3v) is 7.95. The van der Waals surface area contributed by atoms with Gasteiger partial charge in [0.2, 0.25) is 17.7 Å². The van der Waals surface area contributed by atoms with Crippen molar-refractivity contribution in [3.8, 4) is 39.9 Å². The number of hydrogen-bond donors (Lipinski definition) is 3. The maximum absolute atomic E-state index is 13.5. The highest BCUT2D eigenvalue weighted by Crippen LogP contribution is 2.40. The summed E-state index contributed by atoms with van der Waals surface area (Å²) in [5.74, 6) is 1.10. The van der Waals surface area contributed by atoms with Gasteiger partial charge in [0.1, 0.15) is 12.1 Å². The quantitative estimate of drug-likeness (QED) is 0.0739. The van der Waals surface area contributed by atoms with Gasteiger partial charge in [-0.25, -0.2) is 24.8 Å². The fourth-order valence-electron chi connectivity index (χ4n) is 5.17. The maximum Gasteiger partial charge on any atom is 0.436 e. The van der Waals surface area contributed by atoms with Crippen molar-refractivity contribution in [3.05, 3.63) is 41.3 Å². The second-order valence-corrected chi connectivity index (χ2v) is 11.9. The van der Waals surface area contributed by atoms with E-state index in [0.29, 0.717) is 36.1 Å². The van der Waals surface area contributed by atoms with Gasteiger partial charge in [0.05, 0.1) is 17.7 Å². The SMILES string of the molecule is CCNC(=O)Nc1cc(-c2nc(C(F)(F)F)co2)c(-c2cc(-c3n[nH]c(=S)o3)cnc2OCCCCCCCCCCC2CC2)cn1. The monoisotopic (exact) mass is 673 g/mol. The Hall–Kier alpha value is -4.27. The van der Waals surface area contributed by atoms with Gasteiger partial charge in [-0.1, -0.05) is 64.2 Å². The van der Waals surface area contributed by atoms with Crippen LogP contribution in [-0.4, -0.2) is 44.3 Å². The van der Waals surface area contributed by atoms with Gasteiger partial charge >= 0.3 is 12.2 Å². The van der Waals surface area contributed by atoms with Crippen molar-refractivity contribution >= 4 is 24.1 Å². The number of hydrogen-bond acceptors (Lipinski definition) is 9. The molecule has 1 fully saturated rings.